The minimum Gasteiger partial charge on any atom is -0.467 e. The topological polar surface area (TPSA) is 38.3 Å². The highest BCUT2D eigenvalue weighted by Gasteiger charge is 2.18. The van der Waals surface area contributed by atoms with Crippen LogP contribution in [0.4, 0.5) is 5.69 Å². The number of hydrogen-bond donors (Lipinski definition) is 1. The molecule has 0 aliphatic carbocycles. The molecule has 1 N–H and O–H groups in total. The Balaban J connectivity index is 2.03. The van der Waals surface area contributed by atoms with Gasteiger partial charge >= 0.3 is 5.97 Å². The van der Waals surface area contributed by atoms with E-state index in [1.165, 1.54) is 12.7 Å². The molecule has 3 nitrogen and oxygen atoms in total. The molecule has 2 aromatic carbocycles. The lowest BCUT2D eigenvalue weighted by molar-refractivity contribution is -0.141. The number of esters is 1. The molecule has 0 fully saturated rings. The highest BCUT2D eigenvalue weighted by molar-refractivity contribution is 6.30. The van der Waals surface area contributed by atoms with Gasteiger partial charge in [0.05, 0.1) is 7.11 Å². The number of nitrogens with one attached hydrogen (secondary N) is 1. The molecule has 0 spiro atoms. The third kappa shape index (κ3) is 4.80. The molecule has 0 heterocycles. The Morgan fingerprint density at radius 2 is 1.95 bits per heavy atom. The van der Waals surface area contributed by atoms with Crippen LogP contribution in [0.25, 0.3) is 0 Å². The van der Waals surface area contributed by atoms with E-state index < -0.39 is 6.04 Å². The van der Waals surface area contributed by atoms with E-state index in [0.717, 1.165) is 12.1 Å². The summed E-state index contributed by atoms with van der Waals surface area (Å²) in [5.74, 6) is -0.272. The van der Waals surface area contributed by atoms with Gasteiger partial charge in [-0.25, -0.2) is 4.79 Å². The van der Waals surface area contributed by atoms with Gasteiger partial charge in [0.15, 0.2) is 0 Å². The zero-order valence-corrected chi connectivity index (χ0v) is 12.6. The number of methoxy groups -OCH3 is 1. The number of ether oxygens (including phenoxy) is 1. The number of aryl methyl sites for hydroxylation is 1. The molecule has 0 bridgehead atoms. The van der Waals surface area contributed by atoms with Gasteiger partial charge in [-0.3, -0.25) is 0 Å². The Morgan fingerprint density at radius 3 is 2.62 bits per heavy atom. The Bertz CT molecular complexity index is 586. The van der Waals surface area contributed by atoms with Gasteiger partial charge in [-0.05, 0) is 36.6 Å². The SMILES string of the molecule is COC(=O)C(CCc1ccccc1)Nc1cccc(Cl)c1. The number of rotatable bonds is 6. The Morgan fingerprint density at radius 1 is 1.19 bits per heavy atom. The number of anilines is 1. The molecule has 110 valence electrons. The summed E-state index contributed by atoms with van der Waals surface area (Å²) in [5, 5.41) is 3.81. The average Bonchev–Trinajstić information content (AvgIpc) is 2.51. The molecule has 4 heteroatoms. The molecule has 2 aromatic rings. The maximum atomic E-state index is 11.9. The molecule has 1 atom stereocenters. The zero-order valence-electron chi connectivity index (χ0n) is 11.9. The number of benzene rings is 2. The summed E-state index contributed by atoms with van der Waals surface area (Å²) in [5.41, 5.74) is 2.00. The van der Waals surface area contributed by atoms with Gasteiger partial charge in [-0.2, -0.15) is 0 Å². The van der Waals surface area contributed by atoms with Crippen molar-refractivity contribution in [2.45, 2.75) is 18.9 Å². The van der Waals surface area contributed by atoms with Crippen LogP contribution in [0.1, 0.15) is 12.0 Å². The van der Waals surface area contributed by atoms with Gasteiger partial charge in [-0.1, -0.05) is 48.0 Å². The number of carbonyl (C=O) groups excluding carboxylic acids is 1. The third-order valence-electron chi connectivity index (χ3n) is 3.22. The molecular weight excluding hydrogens is 286 g/mol. The fourth-order valence-electron chi connectivity index (χ4n) is 2.13. The van der Waals surface area contributed by atoms with Crippen LogP contribution in [0.2, 0.25) is 5.02 Å². The Kier molecular flexibility index (Phi) is 5.64. The highest BCUT2D eigenvalue weighted by atomic mass is 35.5. The van der Waals surface area contributed by atoms with E-state index in [1.807, 2.05) is 42.5 Å². The van der Waals surface area contributed by atoms with Gasteiger partial charge in [0, 0.05) is 10.7 Å². The van der Waals surface area contributed by atoms with Crippen molar-refractivity contribution in [1.82, 2.24) is 0 Å². The quantitative estimate of drug-likeness (QED) is 0.822. The predicted octanol–water partition coefficient (Wildman–Crippen LogP) is 3.93. The van der Waals surface area contributed by atoms with Crippen LogP contribution in [0.5, 0.6) is 0 Å². The molecule has 0 aliphatic heterocycles. The average molecular weight is 304 g/mol. The Labute approximate surface area is 129 Å². The van der Waals surface area contributed by atoms with Crippen LogP contribution in [0, 0.1) is 0 Å². The molecule has 2 rings (SSSR count). The van der Waals surface area contributed by atoms with Crippen LogP contribution in [-0.2, 0) is 16.0 Å². The zero-order chi connectivity index (χ0) is 15.1. The van der Waals surface area contributed by atoms with Crippen LogP contribution < -0.4 is 5.32 Å². The fourth-order valence-corrected chi connectivity index (χ4v) is 2.32. The summed E-state index contributed by atoms with van der Waals surface area (Å²) in [4.78, 5) is 11.9. The minimum atomic E-state index is -0.395. The van der Waals surface area contributed by atoms with Crippen molar-refractivity contribution in [3.05, 3.63) is 65.2 Å². The van der Waals surface area contributed by atoms with E-state index >= 15 is 0 Å². The smallest absolute Gasteiger partial charge is 0.328 e. The molecule has 0 saturated carbocycles. The molecule has 0 radical (unpaired) electrons. The number of hydrogen-bond acceptors (Lipinski definition) is 3. The van der Waals surface area contributed by atoms with E-state index in [-0.39, 0.29) is 5.97 Å². The Hall–Kier alpha value is -2.00. The summed E-state index contributed by atoms with van der Waals surface area (Å²) >= 11 is 5.96. The second kappa shape index (κ2) is 7.70. The maximum Gasteiger partial charge on any atom is 0.328 e. The monoisotopic (exact) mass is 303 g/mol. The highest BCUT2D eigenvalue weighted by Crippen LogP contribution is 2.17. The van der Waals surface area contributed by atoms with Gasteiger partial charge in [0.1, 0.15) is 6.04 Å². The van der Waals surface area contributed by atoms with E-state index in [1.54, 1.807) is 12.1 Å². The van der Waals surface area contributed by atoms with E-state index in [9.17, 15) is 4.79 Å². The van der Waals surface area contributed by atoms with Gasteiger partial charge in [0.2, 0.25) is 0 Å². The molecule has 0 saturated heterocycles. The molecule has 0 aromatic heterocycles. The second-order valence-electron chi connectivity index (χ2n) is 4.75. The lowest BCUT2D eigenvalue weighted by Gasteiger charge is -2.18. The van der Waals surface area contributed by atoms with E-state index in [4.69, 9.17) is 16.3 Å². The summed E-state index contributed by atoms with van der Waals surface area (Å²) in [6.07, 6.45) is 1.46. The summed E-state index contributed by atoms with van der Waals surface area (Å²) < 4.78 is 4.87. The van der Waals surface area contributed by atoms with Crippen LogP contribution >= 0.6 is 11.6 Å². The van der Waals surface area contributed by atoms with E-state index in [2.05, 4.69) is 5.32 Å². The van der Waals surface area contributed by atoms with Crippen LogP contribution in [0.3, 0.4) is 0 Å². The molecular formula is C17H18ClNO2. The van der Waals surface area contributed by atoms with E-state index in [0.29, 0.717) is 11.4 Å². The predicted molar refractivity (Wildman–Crippen MR) is 85.6 cm³/mol. The number of carbonyl (C=O) groups is 1. The molecule has 21 heavy (non-hydrogen) atoms. The first-order valence-electron chi connectivity index (χ1n) is 6.83. The minimum absolute atomic E-state index is 0.272. The molecule has 1 unspecified atom stereocenters. The van der Waals surface area contributed by atoms with Crippen molar-refractivity contribution in [3.8, 4) is 0 Å². The van der Waals surface area contributed by atoms with Crippen LogP contribution in [0.15, 0.2) is 54.6 Å². The van der Waals surface area contributed by atoms with Gasteiger partial charge < -0.3 is 10.1 Å². The lowest BCUT2D eigenvalue weighted by atomic mass is 10.0. The summed E-state index contributed by atoms with van der Waals surface area (Å²) in [7, 11) is 1.40. The normalized spacial score (nSPS) is 11.7. The van der Waals surface area contributed by atoms with Crippen molar-refractivity contribution < 1.29 is 9.53 Å². The first kappa shape index (κ1) is 15.4. The second-order valence-corrected chi connectivity index (χ2v) is 5.19. The first-order valence-corrected chi connectivity index (χ1v) is 7.20. The standard InChI is InChI=1S/C17H18ClNO2/c1-21-17(20)16(11-10-13-6-3-2-4-7-13)19-15-9-5-8-14(18)12-15/h2-9,12,16,19H,10-11H2,1H3. The van der Waals surface area contributed by atoms with Crippen molar-refractivity contribution in [2.24, 2.45) is 0 Å². The maximum absolute atomic E-state index is 11.9. The van der Waals surface area contributed by atoms with Gasteiger partial charge in [0.25, 0.3) is 0 Å². The largest absolute Gasteiger partial charge is 0.467 e. The van der Waals surface area contributed by atoms with Crippen molar-refractivity contribution in [3.63, 3.8) is 0 Å². The third-order valence-corrected chi connectivity index (χ3v) is 3.45. The van der Waals surface area contributed by atoms with Crippen molar-refractivity contribution in [2.75, 3.05) is 12.4 Å². The summed E-state index contributed by atoms with van der Waals surface area (Å²) in [6, 6.07) is 17.0. The van der Waals surface area contributed by atoms with Crippen molar-refractivity contribution in [1.29, 1.82) is 0 Å². The molecule has 0 aliphatic rings. The fraction of sp³-hybridized carbons (Fsp3) is 0.235. The van der Waals surface area contributed by atoms with Crippen molar-refractivity contribution >= 4 is 23.3 Å². The lowest BCUT2D eigenvalue weighted by Crippen LogP contribution is -2.31. The van der Waals surface area contributed by atoms with Crippen LogP contribution in [-0.4, -0.2) is 19.1 Å². The molecule has 0 amide bonds. The first-order chi connectivity index (χ1) is 10.2. The summed E-state index contributed by atoms with van der Waals surface area (Å²) in [6.45, 7) is 0. The van der Waals surface area contributed by atoms with Gasteiger partial charge in [-0.15, -0.1) is 0 Å². The number of halogens is 1.